The summed E-state index contributed by atoms with van der Waals surface area (Å²) >= 11 is 0. The summed E-state index contributed by atoms with van der Waals surface area (Å²) in [5, 5.41) is 2.90. The van der Waals surface area contributed by atoms with E-state index in [1.54, 1.807) is 11.0 Å². The highest BCUT2D eigenvalue weighted by molar-refractivity contribution is 5.92. The number of carbonyl (C=O) groups is 2. The molecule has 6 nitrogen and oxygen atoms in total. The number of rotatable bonds is 5. The maximum absolute atomic E-state index is 12.5. The van der Waals surface area contributed by atoms with Crippen LogP contribution < -0.4 is 10.1 Å². The number of ether oxygens (including phenoxy) is 1. The Hall–Kier alpha value is -2.55. The number of hydrogen-bond acceptors (Lipinski definition) is 4. The van der Waals surface area contributed by atoms with Crippen LogP contribution in [0.4, 0.5) is 13.2 Å². The number of hydrogen-bond donors (Lipinski definition) is 1. The van der Waals surface area contributed by atoms with Gasteiger partial charge in [-0.15, -0.1) is 13.2 Å². The Balaban J connectivity index is 1.88. The molecule has 1 N–H and O–H groups in total. The summed E-state index contributed by atoms with van der Waals surface area (Å²) in [6.07, 6.45) is -2.25. The van der Waals surface area contributed by atoms with Crippen LogP contribution in [0.25, 0.3) is 6.08 Å². The third-order valence-corrected chi connectivity index (χ3v) is 4.12. The molecule has 0 atom stereocenters. The number of amides is 2. The van der Waals surface area contributed by atoms with Crippen molar-refractivity contribution in [3.63, 3.8) is 0 Å². The zero-order valence-corrected chi connectivity index (χ0v) is 16.8. The third-order valence-electron chi connectivity index (χ3n) is 4.12. The van der Waals surface area contributed by atoms with Gasteiger partial charge in [0.15, 0.2) is 0 Å². The van der Waals surface area contributed by atoms with Gasteiger partial charge in [-0.05, 0) is 32.9 Å². The van der Waals surface area contributed by atoms with Crippen molar-refractivity contribution in [3.8, 4) is 5.75 Å². The van der Waals surface area contributed by atoms with Crippen LogP contribution in [-0.2, 0) is 9.59 Å². The Morgan fingerprint density at radius 2 is 1.72 bits per heavy atom. The number of alkyl halides is 3. The van der Waals surface area contributed by atoms with Crippen LogP contribution in [0.5, 0.6) is 5.75 Å². The van der Waals surface area contributed by atoms with Crippen molar-refractivity contribution in [1.82, 2.24) is 15.1 Å². The van der Waals surface area contributed by atoms with E-state index in [9.17, 15) is 22.8 Å². The quantitative estimate of drug-likeness (QED) is 0.754. The number of nitrogens with zero attached hydrogens (tertiary/aromatic N) is 2. The molecule has 1 saturated heterocycles. The largest absolute Gasteiger partial charge is 0.573 e. The molecule has 29 heavy (non-hydrogen) atoms. The van der Waals surface area contributed by atoms with E-state index in [1.807, 2.05) is 25.7 Å². The highest BCUT2D eigenvalue weighted by Gasteiger charge is 2.31. The van der Waals surface area contributed by atoms with Gasteiger partial charge in [0.2, 0.25) is 11.8 Å². The van der Waals surface area contributed by atoms with Gasteiger partial charge in [-0.3, -0.25) is 14.5 Å². The lowest BCUT2D eigenvalue weighted by atomic mass is 10.1. The molecule has 2 amide bonds. The topological polar surface area (TPSA) is 61.9 Å². The molecule has 1 aliphatic rings. The van der Waals surface area contributed by atoms with E-state index in [4.69, 9.17) is 0 Å². The second kappa shape index (κ2) is 9.30. The van der Waals surface area contributed by atoms with Crippen LogP contribution in [0.3, 0.4) is 0 Å². The predicted molar refractivity (Wildman–Crippen MR) is 103 cm³/mol. The van der Waals surface area contributed by atoms with Crippen LogP contribution in [-0.4, -0.2) is 66.2 Å². The second-order valence-electron chi connectivity index (χ2n) is 7.82. The monoisotopic (exact) mass is 413 g/mol. The van der Waals surface area contributed by atoms with Gasteiger partial charge in [0.25, 0.3) is 0 Å². The first-order valence-electron chi connectivity index (χ1n) is 9.28. The zero-order chi connectivity index (χ0) is 21.7. The summed E-state index contributed by atoms with van der Waals surface area (Å²) in [4.78, 5) is 27.9. The summed E-state index contributed by atoms with van der Waals surface area (Å²) in [6.45, 7) is 7.95. The van der Waals surface area contributed by atoms with Crippen LogP contribution in [0, 0.1) is 0 Å². The standard InChI is InChI=1S/C20H26F3N3O3/c1-19(2,3)24-17(27)14-25-10-12-26(13-11-25)18(28)9-8-15-6-4-5-7-16(15)29-20(21,22)23/h4-9H,10-14H2,1-3H3,(H,24,27)/b9-8+. The van der Waals surface area contributed by atoms with Crippen LogP contribution >= 0.6 is 0 Å². The molecule has 9 heteroatoms. The number of benzene rings is 1. The summed E-state index contributed by atoms with van der Waals surface area (Å²) in [7, 11) is 0. The number of carbonyl (C=O) groups excluding carboxylic acids is 2. The minimum Gasteiger partial charge on any atom is -0.405 e. The van der Waals surface area contributed by atoms with Crippen LogP contribution in [0.2, 0.25) is 0 Å². The van der Waals surface area contributed by atoms with Gasteiger partial charge in [0.1, 0.15) is 5.75 Å². The molecule has 2 rings (SSSR count). The van der Waals surface area contributed by atoms with E-state index in [1.165, 1.54) is 30.4 Å². The van der Waals surface area contributed by atoms with Crippen LogP contribution in [0.15, 0.2) is 30.3 Å². The van der Waals surface area contributed by atoms with Crippen molar-refractivity contribution >= 4 is 17.9 Å². The Kier molecular flexibility index (Phi) is 7.29. The summed E-state index contributed by atoms with van der Waals surface area (Å²) < 4.78 is 41.4. The third kappa shape index (κ3) is 8.15. The van der Waals surface area contributed by atoms with E-state index in [2.05, 4.69) is 10.1 Å². The lowest BCUT2D eigenvalue weighted by Crippen LogP contribution is -2.52. The smallest absolute Gasteiger partial charge is 0.405 e. The van der Waals surface area contributed by atoms with E-state index < -0.39 is 6.36 Å². The molecule has 1 aromatic rings. The van der Waals surface area contributed by atoms with E-state index >= 15 is 0 Å². The van der Waals surface area contributed by atoms with Gasteiger partial charge >= 0.3 is 6.36 Å². The van der Waals surface area contributed by atoms with E-state index in [-0.39, 0.29) is 35.2 Å². The SMILES string of the molecule is CC(C)(C)NC(=O)CN1CCN(C(=O)/C=C/c2ccccc2OC(F)(F)F)CC1. The molecule has 1 fully saturated rings. The molecule has 0 bridgehead atoms. The molecule has 1 heterocycles. The number of piperazine rings is 1. The van der Waals surface area contributed by atoms with Crippen molar-refractivity contribution < 1.29 is 27.5 Å². The number of nitrogens with one attached hydrogen (secondary N) is 1. The maximum atomic E-state index is 12.5. The van der Waals surface area contributed by atoms with Crippen molar-refractivity contribution in [2.24, 2.45) is 0 Å². The fourth-order valence-corrected chi connectivity index (χ4v) is 2.89. The summed E-state index contributed by atoms with van der Waals surface area (Å²) in [6, 6.07) is 5.62. The molecule has 0 radical (unpaired) electrons. The van der Waals surface area contributed by atoms with Gasteiger partial charge in [-0.2, -0.15) is 0 Å². The van der Waals surface area contributed by atoms with Gasteiger partial charge in [0, 0.05) is 43.4 Å². The fraction of sp³-hybridized carbons (Fsp3) is 0.500. The van der Waals surface area contributed by atoms with Crippen molar-refractivity contribution in [2.45, 2.75) is 32.7 Å². The minimum absolute atomic E-state index is 0.0709. The Morgan fingerprint density at radius 3 is 2.31 bits per heavy atom. The first kappa shape index (κ1) is 22.7. The zero-order valence-electron chi connectivity index (χ0n) is 16.8. The molecular formula is C20H26F3N3O3. The number of halogens is 3. The molecule has 0 aliphatic carbocycles. The van der Waals surface area contributed by atoms with Crippen molar-refractivity contribution in [1.29, 1.82) is 0 Å². The van der Waals surface area contributed by atoms with Crippen LogP contribution in [0.1, 0.15) is 26.3 Å². The Labute approximate surface area is 168 Å². The van der Waals surface area contributed by atoms with E-state index in [0.717, 1.165) is 0 Å². The van der Waals surface area contributed by atoms with Gasteiger partial charge in [0.05, 0.1) is 6.54 Å². The van der Waals surface area contributed by atoms with Gasteiger partial charge < -0.3 is 15.0 Å². The normalized spacial score (nSPS) is 16.1. The Bertz CT molecular complexity index is 749. The average molecular weight is 413 g/mol. The van der Waals surface area contributed by atoms with E-state index in [0.29, 0.717) is 26.2 Å². The average Bonchev–Trinajstić information content (AvgIpc) is 2.58. The summed E-state index contributed by atoms with van der Waals surface area (Å²) in [5.74, 6) is -0.734. The minimum atomic E-state index is -4.80. The molecule has 0 unspecified atom stereocenters. The highest BCUT2D eigenvalue weighted by atomic mass is 19.4. The molecule has 0 spiro atoms. The lowest BCUT2D eigenvalue weighted by molar-refractivity contribution is -0.274. The van der Waals surface area contributed by atoms with Gasteiger partial charge in [-0.25, -0.2) is 0 Å². The molecule has 160 valence electrons. The molecule has 0 saturated carbocycles. The summed E-state index contributed by atoms with van der Waals surface area (Å²) in [5.41, 5.74) is -0.137. The first-order valence-corrected chi connectivity index (χ1v) is 9.28. The highest BCUT2D eigenvalue weighted by Crippen LogP contribution is 2.27. The predicted octanol–water partition coefficient (Wildman–Crippen LogP) is 2.66. The lowest BCUT2D eigenvalue weighted by Gasteiger charge is -2.34. The van der Waals surface area contributed by atoms with Crippen molar-refractivity contribution in [2.75, 3.05) is 32.7 Å². The maximum Gasteiger partial charge on any atom is 0.573 e. The number of para-hydroxylation sites is 1. The van der Waals surface area contributed by atoms with Gasteiger partial charge in [-0.1, -0.05) is 18.2 Å². The van der Waals surface area contributed by atoms with Crippen molar-refractivity contribution in [3.05, 3.63) is 35.9 Å². The second-order valence-corrected chi connectivity index (χ2v) is 7.82. The molecule has 0 aromatic heterocycles. The molecule has 1 aliphatic heterocycles. The Morgan fingerprint density at radius 1 is 1.10 bits per heavy atom. The fourth-order valence-electron chi connectivity index (χ4n) is 2.89. The molecular weight excluding hydrogens is 387 g/mol. The first-order chi connectivity index (χ1) is 13.4. The molecule has 1 aromatic carbocycles.